The molecule has 2 aliphatic heterocycles. The average molecular weight is 512 g/mol. The van der Waals surface area contributed by atoms with Crippen LogP contribution in [0.25, 0.3) is 11.1 Å². The number of hydrogen-bond acceptors (Lipinski definition) is 4. The summed E-state index contributed by atoms with van der Waals surface area (Å²) >= 11 is 0. The van der Waals surface area contributed by atoms with Crippen molar-refractivity contribution in [2.24, 2.45) is 0 Å². The first-order valence-corrected chi connectivity index (χ1v) is 12.7. The van der Waals surface area contributed by atoms with E-state index in [1.165, 1.54) is 6.07 Å². The van der Waals surface area contributed by atoms with Gasteiger partial charge in [-0.05, 0) is 95.1 Å². The lowest BCUT2D eigenvalue weighted by molar-refractivity contribution is 0.0857. The molecule has 6 rings (SSSR count). The van der Waals surface area contributed by atoms with Gasteiger partial charge in [0.2, 0.25) is 0 Å². The van der Waals surface area contributed by atoms with Crippen LogP contribution in [0.4, 0.5) is 14.6 Å². The maximum absolute atomic E-state index is 14.7. The first-order valence-electron chi connectivity index (χ1n) is 12.7. The van der Waals surface area contributed by atoms with Crippen LogP contribution in [-0.2, 0) is 17.7 Å². The number of anilines is 1. The van der Waals surface area contributed by atoms with E-state index in [1.807, 2.05) is 56.3 Å². The number of nitrogens with two attached hydrogens (primary N) is 1. The number of benzene rings is 3. The molecule has 2 atom stereocenters. The minimum Gasteiger partial charge on any atom is -0.384 e. The summed E-state index contributed by atoms with van der Waals surface area (Å²) in [4.78, 5) is 17.5. The molecule has 2 aliphatic rings. The highest BCUT2D eigenvalue weighted by Crippen LogP contribution is 2.55. The van der Waals surface area contributed by atoms with Crippen molar-refractivity contribution in [3.63, 3.8) is 0 Å². The summed E-state index contributed by atoms with van der Waals surface area (Å²) in [5.41, 5.74) is 14.8. The largest absolute Gasteiger partial charge is 0.384 e. The molecule has 1 aromatic heterocycles. The normalized spacial score (nSPS) is 16.9. The molecule has 192 valence electrons. The summed E-state index contributed by atoms with van der Waals surface area (Å²) in [6.45, 7) is 5.99. The van der Waals surface area contributed by atoms with Crippen molar-refractivity contribution in [1.29, 1.82) is 0 Å². The fraction of sp³-hybridized carbons (Fsp3) is 0.226. The van der Waals surface area contributed by atoms with E-state index >= 15 is 0 Å². The summed E-state index contributed by atoms with van der Waals surface area (Å²) in [6, 6.07) is 15.5. The molecule has 0 saturated heterocycles. The Bertz CT molecular complexity index is 1610. The van der Waals surface area contributed by atoms with Crippen LogP contribution < -0.4 is 11.1 Å². The van der Waals surface area contributed by atoms with Gasteiger partial charge in [-0.25, -0.2) is 13.8 Å². The molecule has 7 heteroatoms. The number of hydrogen-bond donors (Lipinski definition) is 2. The van der Waals surface area contributed by atoms with E-state index in [0.717, 1.165) is 51.6 Å². The topological polar surface area (TPSA) is 77.2 Å². The van der Waals surface area contributed by atoms with Crippen molar-refractivity contribution in [2.45, 2.75) is 45.9 Å². The summed E-state index contributed by atoms with van der Waals surface area (Å²) in [5, 5.41) is 3.02. The highest BCUT2D eigenvalue weighted by molar-refractivity contribution is 5.94. The van der Waals surface area contributed by atoms with Crippen molar-refractivity contribution >= 4 is 11.7 Å². The van der Waals surface area contributed by atoms with Crippen molar-refractivity contribution in [3.8, 4) is 11.1 Å². The van der Waals surface area contributed by atoms with Crippen LogP contribution in [0, 0.1) is 25.5 Å². The molecule has 3 aromatic carbocycles. The van der Waals surface area contributed by atoms with Gasteiger partial charge in [-0.3, -0.25) is 4.79 Å². The van der Waals surface area contributed by atoms with E-state index < -0.39 is 11.6 Å². The monoisotopic (exact) mass is 511 g/mol. The minimum atomic E-state index is -0.597. The maximum Gasteiger partial charge on any atom is 0.251 e. The molecular weight excluding hydrogens is 484 g/mol. The number of ether oxygens (including phenoxy) is 1. The number of carbonyl (C=O) groups excluding carboxylic acids is 1. The quantitative estimate of drug-likeness (QED) is 0.333. The lowest BCUT2D eigenvalue weighted by Gasteiger charge is -2.18. The zero-order valence-corrected chi connectivity index (χ0v) is 21.4. The number of amides is 1. The van der Waals surface area contributed by atoms with E-state index in [2.05, 4.69) is 10.3 Å². The average Bonchev–Trinajstić information content (AvgIpc) is 3.44. The fourth-order valence-electron chi connectivity index (χ4n) is 5.83. The standard InChI is InChI=1S/C31H27F2N3O2/c1-4-17-12-27(34)36-16(3)25(17)14-35-31(37)19-6-8-22-24(11-19)30-23-10-18(5-7-21(23)29(22)38-30)28-15(2)9-20(32)13-26(28)33/h5-13,29-30H,4,14H2,1-3H3,(H2,34,36)(H,35,37)/t29-,30+/m0/s1. The lowest BCUT2D eigenvalue weighted by Crippen LogP contribution is -2.24. The predicted octanol–water partition coefficient (Wildman–Crippen LogP) is 6.24. The van der Waals surface area contributed by atoms with Gasteiger partial charge in [0.15, 0.2) is 0 Å². The second-order valence-electron chi connectivity index (χ2n) is 9.97. The van der Waals surface area contributed by atoms with Gasteiger partial charge < -0.3 is 15.8 Å². The smallest absolute Gasteiger partial charge is 0.251 e. The number of nitrogen functional groups attached to an aromatic ring is 1. The zero-order valence-electron chi connectivity index (χ0n) is 21.4. The highest BCUT2D eigenvalue weighted by atomic mass is 19.1. The summed E-state index contributed by atoms with van der Waals surface area (Å²) in [5.74, 6) is -0.903. The Balaban J connectivity index is 1.28. The van der Waals surface area contributed by atoms with E-state index in [-0.39, 0.29) is 18.1 Å². The highest BCUT2D eigenvalue weighted by Gasteiger charge is 2.43. The van der Waals surface area contributed by atoms with E-state index in [9.17, 15) is 13.6 Å². The van der Waals surface area contributed by atoms with Crippen molar-refractivity contribution < 1.29 is 18.3 Å². The molecule has 1 amide bonds. The number of nitrogens with one attached hydrogen (secondary N) is 1. The molecule has 3 N–H and O–H groups in total. The molecule has 3 heterocycles. The molecule has 2 bridgehead atoms. The first-order chi connectivity index (χ1) is 18.2. The van der Waals surface area contributed by atoms with Gasteiger partial charge in [-0.1, -0.05) is 25.1 Å². The van der Waals surface area contributed by atoms with Gasteiger partial charge in [-0.2, -0.15) is 0 Å². The van der Waals surface area contributed by atoms with E-state index in [4.69, 9.17) is 10.5 Å². The lowest BCUT2D eigenvalue weighted by atomic mass is 9.83. The SMILES string of the molecule is CCc1cc(N)nc(C)c1CNC(=O)c1ccc2c(c1)[C@@H]1O[C@H]2c2ccc(-c3c(C)cc(F)cc3F)cc21. The molecule has 0 fully saturated rings. The van der Waals surface area contributed by atoms with Crippen LogP contribution >= 0.6 is 0 Å². The molecule has 0 radical (unpaired) electrons. The van der Waals surface area contributed by atoms with Crippen LogP contribution in [-0.4, -0.2) is 10.9 Å². The van der Waals surface area contributed by atoms with Crippen LogP contribution in [0.1, 0.15) is 74.1 Å². The molecular formula is C31H27F2N3O2. The van der Waals surface area contributed by atoms with Crippen LogP contribution in [0.2, 0.25) is 0 Å². The summed E-state index contributed by atoms with van der Waals surface area (Å²) < 4.78 is 34.6. The number of carbonyl (C=O) groups is 1. The zero-order chi connectivity index (χ0) is 26.7. The third-order valence-electron chi connectivity index (χ3n) is 7.63. The fourth-order valence-corrected chi connectivity index (χ4v) is 5.83. The minimum absolute atomic E-state index is 0.188. The maximum atomic E-state index is 14.7. The van der Waals surface area contributed by atoms with Crippen molar-refractivity contribution in [3.05, 3.63) is 116 Å². The van der Waals surface area contributed by atoms with Gasteiger partial charge in [-0.15, -0.1) is 0 Å². The van der Waals surface area contributed by atoms with Crippen LogP contribution in [0.5, 0.6) is 0 Å². The van der Waals surface area contributed by atoms with Gasteiger partial charge >= 0.3 is 0 Å². The third-order valence-corrected chi connectivity index (χ3v) is 7.63. The third kappa shape index (κ3) is 3.85. The number of halogens is 2. The molecule has 0 aliphatic carbocycles. The Morgan fingerprint density at radius 3 is 2.42 bits per heavy atom. The Labute approximate surface area is 219 Å². The number of nitrogens with zero attached hydrogens (tertiary/aromatic N) is 1. The number of fused-ring (bicyclic) bond motifs is 8. The Morgan fingerprint density at radius 1 is 0.974 bits per heavy atom. The van der Waals surface area contributed by atoms with Gasteiger partial charge in [0.05, 0.1) is 0 Å². The molecule has 4 aromatic rings. The molecule has 0 unspecified atom stereocenters. The first kappa shape index (κ1) is 24.2. The second kappa shape index (κ2) is 9.03. The van der Waals surface area contributed by atoms with E-state index in [1.54, 1.807) is 6.92 Å². The molecule has 0 saturated carbocycles. The van der Waals surface area contributed by atoms with Gasteiger partial charge in [0.25, 0.3) is 5.91 Å². The molecule has 0 spiro atoms. The summed E-state index contributed by atoms with van der Waals surface area (Å²) in [7, 11) is 0. The number of aromatic nitrogens is 1. The van der Waals surface area contributed by atoms with Crippen LogP contribution in [0.15, 0.2) is 54.6 Å². The van der Waals surface area contributed by atoms with Crippen LogP contribution in [0.3, 0.4) is 0 Å². The number of aryl methyl sites for hydroxylation is 3. The van der Waals surface area contributed by atoms with Crippen molar-refractivity contribution in [1.82, 2.24) is 10.3 Å². The van der Waals surface area contributed by atoms with E-state index in [0.29, 0.717) is 34.6 Å². The molecule has 5 nitrogen and oxygen atoms in total. The predicted molar refractivity (Wildman–Crippen MR) is 142 cm³/mol. The number of rotatable bonds is 5. The van der Waals surface area contributed by atoms with Crippen molar-refractivity contribution in [2.75, 3.05) is 5.73 Å². The number of pyridine rings is 1. The Morgan fingerprint density at radius 2 is 1.68 bits per heavy atom. The Hall–Kier alpha value is -4.10. The summed E-state index contributed by atoms with van der Waals surface area (Å²) in [6.07, 6.45) is 0.212. The van der Waals surface area contributed by atoms with Gasteiger partial charge in [0.1, 0.15) is 29.7 Å². The Kier molecular flexibility index (Phi) is 5.76. The molecule has 38 heavy (non-hydrogen) atoms. The van der Waals surface area contributed by atoms with Gasteiger partial charge in [0, 0.05) is 29.4 Å². The second-order valence-corrected chi connectivity index (χ2v) is 9.97.